The summed E-state index contributed by atoms with van der Waals surface area (Å²) in [6, 6.07) is 16.8. The van der Waals surface area contributed by atoms with Gasteiger partial charge in [-0.2, -0.15) is 0 Å². The molecule has 1 heterocycles. The SMILES string of the molecule is COc1cccc2c1ccn2CCC(=O)NCC(=O)c1ccccc1. The van der Waals surface area contributed by atoms with Crippen molar-refractivity contribution in [2.45, 2.75) is 13.0 Å². The molecule has 0 aliphatic rings. The minimum atomic E-state index is -0.144. The molecule has 0 radical (unpaired) electrons. The van der Waals surface area contributed by atoms with Crippen LogP contribution in [0.2, 0.25) is 0 Å². The molecule has 0 saturated carbocycles. The second kappa shape index (κ2) is 7.66. The number of hydrogen-bond acceptors (Lipinski definition) is 3. The number of nitrogens with zero attached hydrogens (tertiary/aromatic N) is 1. The van der Waals surface area contributed by atoms with E-state index < -0.39 is 0 Å². The lowest BCUT2D eigenvalue weighted by Crippen LogP contribution is -2.30. The molecule has 128 valence electrons. The summed E-state index contributed by atoms with van der Waals surface area (Å²) in [7, 11) is 1.64. The van der Waals surface area contributed by atoms with Gasteiger partial charge in [0, 0.05) is 30.1 Å². The van der Waals surface area contributed by atoms with Gasteiger partial charge in [0.1, 0.15) is 5.75 Å². The number of Topliss-reactive ketones (excluding diaryl/α,β-unsaturated/α-hetero) is 1. The van der Waals surface area contributed by atoms with Crippen LogP contribution < -0.4 is 10.1 Å². The number of aryl methyl sites for hydroxylation is 1. The first-order valence-corrected chi connectivity index (χ1v) is 8.16. The van der Waals surface area contributed by atoms with Crippen molar-refractivity contribution in [1.29, 1.82) is 0 Å². The number of amides is 1. The average molecular weight is 336 g/mol. The smallest absolute Gasteiger partial charge is 0.222 e. The molecule has 0 aliphatic heterocycles. The van der Waals surface area contributed by atoms with E-state index in [0.29, 0.717) is 18.5 Å². The maximum atomic E-state index is 12.0. The molecule has 0 aliphatic carbocycles. The second-order valence-electron chi connectivity index (χ2n) is 5.72. The molecule has 2 aromatic carbocycles. The highest BCUT2D eigenvalue weighted by atomic mass is 16.5. The average Bonchev–Trinajstić information content (AvgIpc) is 3.08. The number of methoxy groups -OCH3 is 1. The van der Waals surface area contributed by atoms with Crippen molar-refractivity contribution in [2.75, 3.05) is 13.7 Å². The minimum Gasteiger partial charge on any atom is -0.496 e. The van der Waals surface area contributed by atoms with Gasteiger partial charge in [0.2, 0.25) is 5.91 Å². The van der Waals surface area contributed by atoms with Crippen LogP contribution >= 0.6 is 0 Å². The highest BCUT2D eigenvalue weighted by Crippen LogP contribution is 2.26. The van der Waals surface area contributed by atoms with E-state index >= 15 is 0 Å². The van der Waals surface area contributed by atoms with Crippen LogP contribution in [-0.4, -0.2) is 29.9 Å². The molecule has 3 aromatic rings. The standard InChI is InChI=1S/C20H20N2O3/c1-25-19-9-5-8-17-16(19)10-12-22(17)13-11-20(24)21-14-18(23)15-6-3-2-4-7-15/h2-10,12H,11,13-14H2,1H3,(H,21,24). The molecule has 0 bridgehead atoms. The van der Waals surface area contributed by atoms with Gasteiger partial charge in [-0.25, -0.2) is 0 Å². The molecule has 1 aromatic heterocycles. The first kappa shape index (κ1) is 16.8. The fourth-order valence-electron chi connectivity index (χ4n) is 2.78. The molecule has 0 fully saturated rings. The molecule has 5 nitrogen and oxygen atoms in total. The van der Waals surface area contributed by atoms with E-state index in [0.717, 1.165) is 16.7 Å². The minimum absolute atomic E-state index is 0.0170. The zero-order chi connectivity index (χ0) is 17.6. The number of ether oxygens (including phenoxy) is 1. The van der Waals surface area contributed by atoms with Crippen LogP contribution in [0, 0.1) is 0 Å². The Labute approximate surface area is 146 Å². The van der Waals surface area contributed by atoms with Crippen LogP contribution in [0.5, 0.6) is 5.75 Å². The Morgan fingerprint density at radius 2 is 1.84 bits per heavy atom. The Kier molecular flexibility index (Phi) is 5.14. The summed E-state index contributed by atoms with van der Waals surface area (Å²) in [5, 5.41) is 3.71. The number of hydrogen-bond donors (Lipinski definition) is 1. The third-order valence-electron chi connectivity index (χ3n) is 4.12. The maximum absolute atomic E-state index is 12.0. The number of carbonyl (C=O) groups is 2. The number of ketones is 1. The van der Waals surface area contributed by atoms with Gasteiger partial charge in [0.15, 0.2) is 5.78 Å². The predicted molar refractivity (Wildman–Crippen MR) is 96.9 cm³/mol. The van der Waals surface area contributed by atoms with Crippen molar-refractivity contribution >= 4 is 22.6 Å². The lowest BCUT2D eigenvalue weighted by Gasteiger charge is -2.08. The van der Waals surface area contributed by atoms with Gasteiger partial charge >= 0.3 is 0 Å². The number of rotatable bonds is 7. The largest absolute Gasteiger partial charge is 0.496 e. The predicted octanol–water partition coefficient (Wildman–Crippen LogP) is 3.04. The van der Waals surface area contributed by atoms with Crippen molar-refractivity contribution in [2.24, 2.45) is 0 Å². The van der Waals surface area contributed by atoms with Crippen LogP contribution in [-0.2, 0) is 11.3 Å². The number of aromatic nitrogens is 1. The van der Waals surface area contributed by atoms with Crippen LogP contribution in [0.25, 0.3) is 10.9 Å². The monoisotopic (exact) mass is 336 g/mol. The van der Waals surface area contributed by atoms with E-state index in [-0.39, 0.29) is 18.2 Å². The number of nitrogens with one attached hydrogen (secondary N) is 1. The Balaban J connectivity index is 1.55. The Bertz CT molecular complexity index is 884. The molecule has 5 heteroatoms. The van der Waals surface area contributed by atoms with Crippen LogP contribution in [0.4, 0.5) is 0 Å². The summed E-state index contributed by atoms with van der Waals surface area (Å²) in [5.74, 6) is 0.577. The van der Waals surface area contributed by atoms with E-state index in [1.807, 2.05) is 41.1 Å². The maximum Gasteiger partial charge on any atom is 0.222 e. The van der Waals surface area contributed by atoms with Crippen LogP contribution in [0.1, 0.15) is 16.8 Å². The summed E-state index contributed by atoms with van der Waals surface area (Å²) >= 11 is 0. The van der Waals surface area contributed by atoms with Gasteiger partial charge in [-0.1, -0.05) is 36.4 Å². The number of fused-ring (bicyclic) bond motifs is 1. The lowest BCUT2D eigenvalue weighted by atomic mass is 10.1. The van der Waals surface area contributed by atoms with E-state index in [9.17, 15) is 9.59 Å². The molecule has 25 heavy (non-hydrogen) atoms. The highest BCUT2D eigenvalue weighted by molar-refractivity contribution is 5.99. The topological polar surface area (TPSA) is 60.3 Å². The summed E-state index contributed by atoms with van der Waals surface area (Å²) in [5.41, 5.74) is 1.62. The molecule has 0 saturated heterocycles. The zero-order valence-electron chi connectivity index (χ0n) is 14.1. The van der Waals surface area contributed by atoms with Gasteiger partial charge in [-0.3, -0.25) is 9.59 Å². The second-order valence-corrected chi connectivity index (χ2v) is 5.72. The molecule has 3 rings (SSSR count). The quantitative estimate of drug-likeness (QED) is 0.675. The van der Waals surface area contributed by atoms with Gasteiger partial charge in [0.25, 0.3) is 0 Å². The summed E-state index contributed by atoms with van der Waals surface area (Å²) in [6.07, 6.45) is 2.25. The first-order valence-electron chi connectivity index (χ1n) is 8.16. The third kappa shape index (κ3) is 3.88. The van der Waals surface area contributed by atoms with Crippen molar-refractivity contribution < 1.29 is 14.3 Å². The first-order chi connectivity index (χ1) is 12.2. The van der Waals surface area contributed by atoms with Crippen molar-refractivity contribution in [3.63, 3.8) is 0 Å². The van der Waals surface area contributed by atoms with Gasteiger partial charge < -0.3 is 14.6 Å². The zero-order valence-corrected chi connectivity index (χ0v) is 14.1. The normalized spacial score (nSPS) is 10.6. The third-order valence-corrected chi connectivity index (χ3v) is 4.12. The van der Waals surface area contributed by atoms with Crippen molar-refractivity contribution in [1.82, 2.24) is 9.88 Å². The van der Waals surface area contributed by atoms with E-state index in [4.69, 9.17) is 4.74 Å². The van der Waals surface area contributed by atoms with Crippen LogP contribution in [0.15, 0.2) is 60.8 Å². The van der Waals surface area contributed by atoms with E-state index in [2.05, 4.69) is 5.32 Å². The summed E-state index contributed by atoms with van der Waals surface area (Å²) in [4.78, 5) is 24.0. The molecule has 1 amide bonds. The molecule has 0 spiro atoms. The number of benzene rings is 2. The molecule has 0 unspecified atom stereocenters. The Morgan fingerprint density at radius 3 is 2.60 bits per heavy atom. The molecule has 0 atom stereocenters. The van der Waals surface area contributed by atoms with Crippen molar-refractivity contribution in [3.05, 3.63) is 66.4 Å². The van der Waals surface area contributed by atoms with E-state index in [1.165, 1.54) is 0 Å². The Hall–Kier alpha value is -3.08. The van der Waals surface area contributed by atoms with E-state index in [1.54, 1.807) is 31.4 Å². The molecular weight excluding hydrogens is 316 g/mol. The Morgan fingerprint density at radius 1 is 1.04 bits per heavy atom. The summed E-state index contributed by atoms with van der Waals surface area (Å²) < 4.78 is 7.35. The van der Waals surface area contributed by atoms with Crippen LogP contribution in [0.3, 0.4) is 0 Å². The highest BCUT2D eigenvalue weighted by Gasteiger charge is 2.10. The molecule has 1 N–H and O–H groups in total. The van der Waals surface area contributed by atoms with Gasteiger partial charge in [0.05, 0.1) is 19.2 Å². The fraction of sp³-hybridized carbons (Fsp3) is 0.200. The number of carbonyl (C=O) groups excluding carboxylic acids is 2. The fourth-order valence-corrected chi connectivity index (χ4v) is 2.78. The van der Waals surface area contributed by atoms with Gasteiger partial charge in [-0.15, -0.1) is 0 Å². The molecular formula is C20H20N2O3. The van der Waals surface area contributed by atoms with Crippen molar-refractivity contribution in [3.8, 4) is 5.75 Å². The van der Waals surface area contributed by atoms with Gasteiger partial charge in [-0.05, 0) is 18.2 Å². The lowest BCUT2D eigenvalue weighted by molar-refractivity contribution is -0.121. The summed E-state index contributed by atoms with van der Waals surface area (Å²) in [6.45, 7) is 0.561.